The van der Waals surface area contributed by atoms with Crippen LogP contribution < -0.4 is 4.46 Å². The van der Waals surface area contributed by atoms with Crippen LogP contribution in [0.2, 0.25) is 13.3 Å². The average Bonchev–Trinajstić information content (AvgIpc) is 2.66. The zero-order valence-electron chi connectivity index (χ0n) is 16.9. The molecule has 0 radical (unpaired) electrons. The van der Waals surface area contributed by atoms with Crippen LogP contribution in [0.15, 0.2) is 38.9 Å². The molecule has 3 heteroatoms. The maximum absolute atomic E-state index is 5.49. The van der Waals surface area contributed by atoms with E-state index in [0.717, 1.165) is 6.61 Å². The van der Waals surface area contributed by atoms with Crippen LogP contribution in [0.25, 0.3) is 0 Å². The average molecular weight is 516 g/mol. The molecule has 0 bridgehead atoms. The number of rotatable bonds is 14. The topological polar surface area (TPSA) is 9.23 Å². The standard InChI is InChI=1S/C10H11OSe.3C4H9.Sn/c1-11-8-5-9-12-10-6-3-2-4-7-10;3*1-3-4-2;/h2-7H,8H2,1H3;3*1,3-4H2,2H3;. The fraction of sp³-hybridized carbons (Fsp3) is 0.636. The van der Waals surface area contributed by atoms with Gasteiger partial charge < -0.3 is 0 Å². The Morgan fingerprint density at radius 2 is 1.44 bits per heavy atom. The predicted octanol–water partition coefficient (Wildman–Crippen LogP) is 5.93. The van der Waals surface area contributed by atoms with Gasteiger partial charge >= 0.3 is 168 Å². The van der Waals surface area contributed by atoms with E-state index in [4.69, 9.17) is 4.74 Å². The summed E-state index contributed by atoms with van der Waals surface area (Å²) in [6.45, 7) is 7.87. The second-order valence-corrected chi connectivity index (χ2v) is 24.8. The zero-order chi connectivity index (χ0) is 18.4. The second-order valence-electron chi connectivity index (χ2n) is 7.03. The Balaban J connectivity index is 3.17. The van der Waals surface area contributed by atoms with Crippen molar-refractivity contribution in [2.24, 2.45) is 0 Å². The van der Waals surface area contributed by atoms with Crippen LogP contribution in [-0.4, -0.2) is 47.1 Å². The molecule has 0 unspecified atom stereocenters. The number of ether oxygens (including phenoxy) is 1. The van der Waals surface area contributed by atoms with Crippen molar-refractivity contribution in [2.75, 3.05) is 13.7 Å². The van der Waals surface area contributed by atoms with Crippen LogP contribution in [0.1, 0.15) is 59.3 Å². The Morgan fingerprint density at radius 1 is 0.920 bits per heavy atom. The molecule has 0 spiro atoms. The van der Waals surface area contributed by atoms with E-state index in [9.17, 15) is 0 Å². The molecule has 0 saturated carbocycles. The number of unbranched alkanes of at least 4 members (excludes halogenated alkanes) is 3. The van der Waals surface area contributed by atoms with Crippen molar-refractivity contribution in [2.45, 2.75) is 72.6 Å². The number of hydrogen-bond donors (Lipinski definition) is 0. The van der Waals surface area contributed by atoms with Gasteiger partial charge in [-0.2, -0.15) is 0 Å². The summed E-state index contributed by atoms with van der Waals surface area (Å²) in [5.74, 6) is 0. The van der Waals surface area contributed by atoms with Gasteiger partial charge in [0.05, 0.1) is 0 Å². The van der Waals surface area contributed by atoms with Gasteiger partial charge in [-0.15, -0.1) is 0 Å². The van der Waals surface area contributed by atoms with E-state index < -0.39 is 18.4 Å². The molecule has 0 amide bonds. The molecule has 0 aliphatic carbocycles. The van der Waals surface area contributed by atoms with Gasteiger partial charge in [0.1, 0.15) is 0 Å². The fourth-order valence-corrected chi connectivity index (χ4v) is 29.2. The van der Waals surface area contributed by atoms with E-state index >= 15 is 0 Å². The third-order valence-electron chi connectivity index (χ3n) is 4.96. The Hall–Kier alpha value is 0.238. The Bertz CT molecular complexity index is 450. The molecular weight excluding hydrogens is 478 g/mol. The molecule has 0 saturated heterocycles. The van der Waals surface area contributed by atoms with Crippen molar-refractivity contribution in [1.82, 2.24) is 0 Å². The van der Waals surface area contributed by atoms with E-state index in [1.54, 1.807) is 17.8 Å². The third kappa shape index (κ3) is 8.64. The molecule has 0 heterocycles. The SMILES string of the molecule is CCC[CH2][Sn]([CH2]CCC)([CH2]CCC)/[C](=C\COC)[Se]c1ccccc1. The summed E-state index contributed by atoms with van der Waals surface area (Å²) in [7, 11) is 1.84. The molecule has 0 aromatic heterocycles. The van der Waals surface area contributed by atoms with E-state index in [2.05, 4.69) is 57.2 Å². The summed E-state index contributed by atoms with van der Waals surface area (Å²) in [4.78, 5) is 0. The Kier molecular flexibility index (Phi) is 13.3. The van der Waals surface area contributed by atoms with Crippen LogP contribution in [0.4, 0.5) is 0 Å². The van der Waals surface area contributed by atoms with Gasteiger partial charge in [-0.1, -0.05) is 0 Å². The maximum atomic E-state index is 5.49. The quantitative estimate of drug-likeness (QED) is 0.279. The van der Waals surface area contributed by atoms with E-state index in [-0.39, 0.29) is 0 Å². The molecule has 25 heavy (non-hydrogen) atoms. The normalized spacial score (nSPS) is 12.6. The van der Waals surface area contributed by atoms with Gasteiger partial charge in [-0.05, 0) is 0 Å². The van der Waals surface area contributed by atoms with Crippen molar-refractivity contribution in [3.63, 3.8) is 0 Å². The van der Waals surface area contributed by atoms with Gasteiger partial charge in [-0.25, -0.2) is 0 Å². The Labute approximate surface area is 167 Å². The first-order valence-corrected chi connectivity index (χ1v) is 19.3. The predicted molar refractivity (Wildman–Crippen MR) is 117 cm³/mol. The van der Waals surface area contributed by atoms with E-state index in [1.807, 2.05) is 9.60 Å². The van der Waals surface area contributed by atoms with Crippen LogP contribution in [0.5, 0.6) is 0 Å². The summed E-state index contributed by atoms with van der Waals surface area (Å²) in [5, 5.41) is 0. The summed E-state index contributed by atoms with van der Waals surface area (Å²) >= 11 is -1.82. The monoisotopic (exact) mass is 518 g/mol. The molecular formula is C22H38OSeSn. The molecule has 1 rings (SSSR count). The van der Waals surface area contributed by atoms with Gasteiger partial charge in [0.2, 0.25) is 0 Å². The first kappa shape index (κ1) is 23.3. The number of hydrogen-bond acceptors (Lipinski definition) is 1. The van der Waals surface area contributed by atoms with Crippen LogP contribution in [0.3, 0.4) is 0 Å². The number of methoxy groups -OCH3 is 1. The second kappa shape index (κ2) is 14.3. The minimum absolute atomic E-state index is 0.491. The van der Waals surface area contributed by atoms with Crippen LogP contribution in [0, 0.1) is 0 Å². The van der Waals surface area contributed by atoms with Crippen molar-refractivity contribution < 1.29 is 4.74 Å². The molecule has 0 aliphatic heterocycles. The van der Waals surface area contributed by atoms with Crippen molar-refractivity contribution >= 4 is 37.8 Å². The first-order valence-electron chi connectivity index (χ1n) is 10.1. The summed E-state index contributed by atoms with van der Waals surface area (Å²) < 4.78 is 13.6. The molecule has 0 N–H and O–H groups in total. The molecule has 0 atom stereocenters. The van der Waals surface area contributed by atoms with Gasteiger partial charge in [0.25, 0.3) is 0 Å². The zero-order valence-corrected chi connectivity index (χ0v) is 21.4. The summed E-state index contributed by atoms with van der Waals surface area (Å²) in [6.07, 6.45) is 10.8. The van der Waals surface area contributed by atoms with E-state index in [1.165, 1.54) is 38.5 Å². The Morgan fingerprint density at radius 3 is 1.88 bits per heavy atom. The van der Waals surface area contributed by atoms with Crippen LogP contribution in [-0.2, 0) is 4.74 Å². The first-order chi connectivity index (χ1) is 12.2. The van der Waals surface area contributed by atoms with Gasteiger partial charge in [-0.3, -0.25) is 0 Å². The molecule has 142 valence electrons. The van der Waals surface area contributed by atoms with Crippen molar-refractivity contribution in [1.29, 1.82) is 0 Å². The number of benzene rings is 1. The van der Waals surface area contributed by atoms with Gasteiger partial charge in [0.15, 0.2) is 0 Å². The van der Waals surface area contributed by atoms with Crippen LogP contribution >= 0.6 is 0 Å². The van der Waals surface area contributed by atoms with Crippen molar-refractivity contribution in [3.8, 4) is 0 Å². The molecule has 1 aromatic carbocycles. The fourth-order valence-electron chi connectivity index (χ4n) is 3.43. The van der Waals surface area contributed by atoms with Crippen molar-refractivity contribution in [3.05, 3.63) is 38.9 Å². The minimum atomic E-state index is -2.31. The van der Waals surface area contributed by atoms with Gasteiger partial charge in [0, 0.05) is 0 Å². The summed E-state index contributed by atoms with van der Waals surface area (Å²) in [6, 6.07) is 11.2. The van der Waals surface area contributed by atoms with E-state index in [0.29, 0.717) is 15.0 Å². The molecule has 1 nitrogen and oxygen atoms in total. The molecule has 0 fully saturated rings. The molecule has 1 aromatic rings. The summed E-state index contributed by atoms with van der Waals surface area (Å²) in [5.41, 5.74) is 0. The third-order valence-corrected chi connectivity index (χ3v) is 29.2. The molecule has 0 aliphatic rings.